The van der Waals surface area contributed by atoms with Crippen molar-refractivity contribution in [1.29, 1.82) is 0 Å². The molecule has 0 aromatic heterocycles. The molecule has 1 unspecified atom stereocenters. The Balaban J connectivity index is -0.000000376. The molecule has 0 aliphatic heterocycles. The number of hydrogen-bond donors (Lipinski definition) is 1. The first-order chi connectivity index (χ1) is 7.45. The van der Waals surface area contributed by atoms with Gasteiger partial charge >= 0.3 is 0 Å². The van der Waals surface area contributed by atoms with Crippen molar-refractivity contribution in [3.05, 3.63) is 0 Å². The van der Waals surface area contributed by atoms with Gasteiger partial charge in [-0.2, -0.15) is 0 Å². The molecule has 0 fully saturated rings. The van der Waals surface area contributed by atoms with Gasteiger partial charge in [-0.25, -0.2) is 0 Å². The van der Waals surface area contributed by atoms with Gasteiger partial charge in [0.25, 0.3) is 0 Å². The summed E-state index contributed by atoms with van der Waals surface area (Å²) in [4.78, 5) is 11.3. The Morgan fingerprint density at radius 1 is 1.06 bits per heavy atom. The maximum atomic E-state index is 11.3. The van der Waals surface area contributed by atoms with E-state index >= 15 is 0 Å². The minimum atomic E-state index is -0.465. The van der Waals surface area contributed by atoms with Crippen LogP contribution in [0.3, 0.4) is 0 Å². The molecular weight excluding hydrogens is 202 g/mol. The maximum Gasteiger partial charge on any atom is 0.154 e. The van der Waals surface area contributed by atoms with Gasteiger partial charge in [0, 0.05) is 5.92 Å². The lowest BCUT2D eigenvalue weighted by molar-refractivity contribution is -0.124. The van der Waals surface area contributed by atoms with Gasteiger partial charge in [0.1, 0.15) is 0 Å². The number of ether oxygens (including phenoxy) is 1. The fourth-order valence-electron chi connectivity index (χ4n) is 0.806. The number of ketones is 1. The van der Waals surface area contributed by atoms with Crippen molar-refractivity contribution in [3.63, 3.8) is 0 Å². The summed E-state index contributed by atoms with van der Waals surface area (Å²) in [7, 11) is 0. The molecule has 0 bridgehead atoms. The van der Waals surface area contributed by atoms with Crippen LogP contribution in [0.5, 0.6) is 0 Å². The Morgan fingerprint density at radius 3 is 1.69 bits per heavy atom. The zero-order chi connectivity index (χ0) is 13.7. The molecule has 0 aromatic carbocycles. The first kappa shape index (κ1) is 20.9. The lowest BCUT2D eigenvalue weighted by Gasteiger charge is -2.14. The van der Waals surface area contributed by atoms with Gasteiger partial charge in [-0.05, 0) is 13.8 Å². The minimum absolute atomic E-state index is 0.00392. The van der Waals surface area contributed by atoms with E-state index in [0.717, 1.165) is 0 Å². The van der Waals surface area contributed by atoms with E-state index in [0.29, 0.717) is 6.61 Å². The van der Waals surface area contributed by atoms with Crippen molar-refractivity contribution in [3.8, 4) is 0 Å². The summed E-state index contributed by atoms with van der Waals surface area (Å²) in [5.74, 6) is 0.0615. The van der Waals surface area contributed by atoms with Crippen LogP contribution >= 0.6 is 0 Å². The van der Waals surface area contributed by atoms with E-state index in [-0.39, 0.29) is 17.8 Å². The van der Waals surface area contributed by atoms with E-state index < -0.39 is 6.04 Å². The van der Waals surface area contributed by atoms with E-state index in [1.54, 1.807) is 0 Å². The highest BCUT2D eigenvalue weighted by molar-refractivity contribution is 5.85. The smallest absolute Gasteiger partial charge is 0.154 e. The van der Waals surface area contributed by atoms with Crippen LogP contribution in [-0.2, 0) is 9.53 Å². The Hall–Kier alpha value is -0.410. The first-order valence-electron chi connectivity index (χ1n) is 6.36. The quantitative estimate of drug-likeness (QED) is 0.794. The Kier molecular flexibility index (Phi) is 19.1. The van der Waals surface area contributed by atoms with Gasteiger partial charge < -0.3 is 10.5 Å². The molecule has 100 valence electrons. The third-order valence-electron chi connectivity index (χ3n) is 1.54. The summed E-state index contributed by atoms with van der Waals surface area (Å²) in [5.41, 5.74) is 5.59. The van der Waals surface area contributed by atoms with E-state index in [1.165, 1.54) is 0 Å². The summed E-state index contributed by atoms with van der Waals surface area (Å²) in [6, 6.07) is -0.465. The SMILES string of the molecule is CC.CC.CC(C)OCC(N)C(=O)C(C)C. The van der Waals surface area contributed by atoms with Crippen LogP contribution < -0.4 is 5.73 Å². The molecule has 0 saturated heterocycles. The third-order valence-corrected chi connectivity index (χ3v) is 1.54. The number of nitrogens with two attached hydrogens (primary N) is 1. The number of Topliss-reactive ketones (excluding diaryl/α,β-unsaturated/α-hetero) is 1. The molecule has 0 rings (SSSR count). The Bertz CT molecular complexity index is 145. The standard InChI is InChI=1S/C9H19NO2.2C2H6/c1-6(2)9(11)8(10)5-12-7(3)4;2*1-2/h6-8H,5,10H2,1-4H3;2*1-2H3. The van der Waals surface area contributed by atoms with Gasteiger partial charge in [0.15, 0.2) is 5.78 Å². The largest absolute Gasteiger partial charge is 0.377 e. The monoisotopic (exact) mass is 233 g/mol. The van der Waals surface area contributed by atoms with Crippen LogP contribution in [-0.4, -0.2) is 24.5 Å². The highest BCUT2D eigenvalue weighted by Crippen LogP contribution is 1.99. The van der Waals surface area contributed by atoms with E-state index in [9.17, 15) is 4.79 Å². The summed E-state index contributed by atoms with van der Waals surface area (Å²) in [6.07, 6.45) is 0.135. The van der Waals surface area contributed by atoms with E-state index in [2.05, 4.69) is 0 Å². The normalized spacial score (nSPS) is 11.2. The van der Waals surface area contributed by atoms with Crippen molar-refractivity contribution in [2.75, 3.05) is 6.61 Å². The molecule has 0 amide bonds. The zero-order valence-electron chi connectivity index (χ0n) is 12.3. The molecule has 0 heterocycles. The van der Waals surface area contributed by atoms with Crippen LogP contribution in [0.1, 0.15) is 55.4 Å². The van der Waals surface area contributed by atoms with Crippen molar-refractivity contribution in [1.82, 2.24) is 0 Å². The number of carbonyl (C=O) groups is 1. The topological polar surface area (TPSA) is 52.3 Å². The second kappa shape index (κ2) is 14.6. The molecule has 0 aliphatic rings. The average Bonchev–Trinajstić information content (AvgIpc) is 2.30. The molecule has 1 atom stereocenters. The average molecular weight is 233 g/mol. The van der Waals surface area contributed by atoms with Crippen molar-refractivity contribution in [2.24, 2.45) is 11.7 Å². The van der Waals surface area contributed by atoms with Crippen LogP contribution in [0.2, 0.25) is 0 Å². The van der Waals surface area contributed by atoms with Gasteiger partial charge in [-0.3, -0.25) is 4.79 Å². The highest BCUT2D eigenvalue weighted by atomic mass is 16.5. The molecule has 16 heavy (non-hydrogen) atoms. The predicted octanol–water partition coefficient (Wildman–Crippen LogP) is 3.02. The lowest BCUT2D eigenvalue weighted by Crippen LogP contribution is -2.38. The first-order valence-corrected chi connectivity index (χ1v) is 6.36. The fourth-order valence-corrected chi connectivity index (χ4v) is 0.806. The van der Waals surface area contributed by atoms with Crippen LogP contribution in [0, 0.1) is 5.92 Å². The predicted molar refractivity (Wildman–Crippen MR) is 71.6 cm³/mol. The van der Waals surface area contributed by atoms with Gasteiger partial charge in [-0.1, -0.05) is 41.5 Å². The van der Waals surface area contributed by atoms with E-state index in [1.807, 2.05) is 55.4 Å². The molecule has 0 radical (unpaired) electrons. The van der Waals surface area contributed by atoms with Crippen LogP contribution in [0.15, 0.2) is 0 Å². The Labute approximate surface area is 102 Å². The molecule has 3 heteroatoms. The zero-order valence-corrected chi connectivity index (χ0v) is 12.3. The second-order valence-electron chi connectivity index (χ2n) is 3.55. The van der Waals surface area contributed by atoms with Gasteiger partial charge in [-0.15, -0.1) is 0 Å². The molecule has 0 spiro atoms. The summed E-state index contributed by atoms with van der Waals surface area (Å²) < 4.78 is 5.23. The number of hydrogen-bond acceptors (Lipinski definition) is 3. The summed E-state index contributed by atoms with van der Waals surface area (Å²) in [6.45, 7) is 15.9. The van der Waals surface area contributed by atoms with Crippen LogP contribution in [0.25, 0.3) is 0 Å². The van der Waals surface area contributed by atoms with Crippen molar-refractivity contribution >= 4 is 5.78 Å². The second-order valence-corrected chi connectivity index (χ2v) is 3.55. The lowest BCUT2D eigenvalue weighted by atomic mass is 10.0. The summed E-state index contributed by atoms with van der Waals surface area (Å²) in [5, 5.41) is 0. The number of rotatable bonds is 5. The maximum absolute atomic E-state index is 11.3. The minimum Gasteiger partial charge on any atom is -0.377 e. The van der Waals surface area contributed by atoms with E-state index in [4.69, 9.17) is 10.5 Å². The summed E-state index contributed by atoms with van der Waals surface area (Å²) >= 11 is 0. The molecule has 2 N–H and O–H groups in total. The van der Waals surface area contributed by atoms with Crippen molar-refractivity contribution < 1.29 is 9.53 Å². The fraction of sp³-hybridized carbons (Fsp3) is 0.923. The molecule has 3 nitrogen and oxygen atoms in total. The highest BCUT2D eigenvalue weighted by Gasteiger charge is 2.17. The van der Waals surface area contributed by atoms with Crippen LogP contribution in [0.4, 0.5) is 0 Å². The van der Waals surface area contributed by atoms with Gasteiger partial charge in [0.2, 0.25) is 0 Å². The Morgan fingerprint density at radius 2 is 1.44 bits per heavy atom. The molecule has 0 saturated carbocycles. The molecule has 0 aromatic rings. The third kappa shape index (κ3) is 13.6. The molecule has 0 aliphatic carbocycles. The molecular formula is C13H31NO2. The number of carbonyl (C=O) groups excluding carboxylic acids is 1. The van der Waals surface area contributed by atoms with Gasteiger partial charge in [0.05, 0.1) is 18.8 Å². The van der Waals surface area contributed by atoms with Crippen molar-refractivity contribution in [2.45, 2.75) is 67.5 Å².